The van der Waals surface area contributed by atoms with Crippen molar-refractivity contribution < 1.29 is 23.4 Å². The van der Waals surface area contributed by atoms with Crippen molar-refractivity contribution in [2.75, 3.05) is 28.4 Å². The number of aliphatic imine (C=N–C) groups is 1. The van der Waals surface area contributed by atoms with Crippen LogP contribution < -0.4 is 14.2 Å². The third kappa shape index (κ3) is 5.02. The molecule has 0 bridgehead atoms. The van der Waals surface area contributed by atoms with Crippen molar-refractivity contribution in [3.8, 4) is 17.2 Å². The predicted octanol–water partition coefficient (Wildman–Crippen LogP) is 5.88. The molecule has 0 aliphatic heterocycles. The number of nitrogens with zero attached hydrogens (tertiary/aromatic N) is 1. The van der Waals surface area contributed by atoms with Gasteiger partial charge in [-0.15, -0.1) is 0 Å². The minimum atomic E-state index is -0.116. The Balaban J connectivity index is 0.000000534. The molecule has 0 unspecified atom stereocenters. The number of rotatable bonds is 6. The van der Waals surface area contributed by atoms with E-state index in [1.807, 2.05) is 45.1 Å². The van der Waals surface area contributed by atoms with Crippen LogP contribution in [0.5, 0.6) is 17.2 Å². The zero-order valence-corrected chi connectivity index (χ0v) is 20.0. The van der Waals surface area contributed by atoms with Crippen LogP contribution in [-0.4, -0.2) is 40.4 Å². The van der Waals surface area contributed by atoms with E-state index in [4.69, 9.17) is 18.6 Å². The van der Waals surface area contributed by atoms with Gasteiger partial charge in [0.05, 0.1) is 26.9 Å². The minimum absolute atomic E-state index is 0.116. The van der Waals surface area contributed by atoms with E-state index in [0.717, 1.165) is 22.3 Å². The van der Waals surface area contributed by atoms with Crippen LogP contribution in [0.15, 0.2) is 45.8 Å². The summed E-state index contributed by atoms with van der Waals surface area (Å²) in [6.07, 6.45) is 5.58. The summed E-state index contributed by atoms with van der Waals surface area (Å²) in [6.45, 7) is 7.56. The Bertz CT molecular complexity index is 1140. The molecule has 0 fully saturated rings. The summed E-state index contributed by atoms with van der Waals surface area (Å²) in [5, 5.41) is 0.776. The van der Waals surface area contributed by atoms with Crippen LogP contribution in [0.3, 0.4) is 0 Å². The molecule has 0 N–H and O–H groups in total. The molecule has 0 aliphatic rings. The first-order valence-electron chi connectivity index (χ1n) is 10.2. The maximum atomic E-state index is 13.2. The fourth-order valence-electron chi connectivity index (χ4n) is 3.50. The van der Waals surface area contributed by atoms with E-state index in [1.54, 1.807) is 53.6 Å². The van der Waals surface area contributed by atoms with Crippen molar-refractivity contribution in [1.82, 2.24) is 0 Å². The maximum Gasteiger partial charge on any atom is 0.197 e. The molecular formula is C26H31NO5. The molecule has 2 aromatic carbocycles. The van der Waals surface area contributed by atoms with E-state index in [2.05, 4.69) is 4.99 Å². The predicted molar refractivity (Wildman–Crippen MR) is 129 cm³/mol. The van der Waals surface area contributed by atoms with Gasteiger partial charge in [-0.05, 0) is 63.6 Å². The number of carbonyl (C=O) groups excluding carboxylic acids is 1. The summed E-state index contributed by atoms with van der Waals surface area (Å²) in [6, 6.07) is 7.21. The van der Waals surface area contributed by atoms with Crippen molar-refractivity contribution in [2.24, 2.45) is 4.99 Å². The number of ketones is 1. The fraction of sp³-hybridized carbons (Fsp3) is 0.308. The quantitative estimate of drug-likeness (QED) is 0.356. The number of hydrogen-bond acceptors (Lipinski definition) is 6. The Morgan fingerprint density at radius 2 is 1.69 bits per heavy atom. The number of furan rings is 1. The first-order valence-corrected chi connectivity index (χ1v) is 10.2. The topological polar surface area (TPSA) is 70.3 Å². The molecule has 0 radical (unpaired) electrons. The Hall–Kier alpha value is -3.54. The SMILES string of the molecule is C/C=C\C=NC.COc1cc(C(=O)c2c(C)oc3c(C)c(OC)ccc23)cc(C)c1OC. The number of aryl methyl sites for hydroxylation is 3. The first-order chi connectivity index (χ1) is 15.3. The van der Waals surface area contributed by atoms with Crippen LogP contribution in [0.2, 0.25) is 0 Å². The highest BCUT2D eigenvalue weighted by molar-refractivity contribution is 6.17. The van der Waals surface area contributed by atoms with E-state index in [9.17, 15) is 4.79 Å². The Morgan fingerprint density at radius 1 is 1.00 bits per heavy atom. The summed E-state index contributed by atoms with van der Waals surface area (Å²) in [7, 11) is 6.50. The van der Waals surface area contributed by atoms with Crippen LogP contribution in [0.1, 0.15) is 39.7 Å². The molecule has 0 spiro atoms. The maximum absolute atomic E-state index is 13.2. The van der Waals surface area contributed by atoms with Crippen LogP contribution >= 0.6 is 0 Å². The molecule has 1 heterocycles. The number of ether oxygens (including phenoxy) is 3. The van der Waals surface area contributed by atoms with Gasteiger partial charge < -0.3 is 18.6 Å². The van der Waals surface area contributed by atoms with E-state index in [1.165, 1.54) is 0 Å². The van der Waals surface area contributed by atoms with Crippen molar-refractivity contribution in [2.45, 2.75) is 27.7 Å². The molecule has 6 nitrogen and oxygen atoms in total. The van der Waals surface area contributed by atoms with Crippen molar-refractivity contribution in [1.29, 1.82) is 0 Å². The molecule has 1 aromatic heterocycles. The van der Waals surface area contributed by atoms with Gasteiger partial charge in [0.15, 0.2) is 17.3 Å². The normalized spacial score (nSPS) is 11.0. The second kappa shape index (κ2) is 11.2. The van der Waals surface area contributed by atoms with E-state index in [0.29, 0.717) is 34.0 Å². The lowest BCUT2D eigenvalue weighted by Gasteiger charge is -2.12. The van der Waals surface area contributed by atoms with Gasteiger partial charge in [-0.25, -0.2) is 0 Å². The average molecular weight is 438 g/mol. The Kier molecular flexibility index (Phi) is 8.64. The van der Waals surface area contributed by atoms with Crippen molar-refractivity contribution in [3.05, 3.63) is 64.4 Å². The molecule has 0 atom stereocenters. The zero-order chi connectivity index (χ0) is 23.8. The van der Waals surface area contributed by atoms with Gasteiger partial charge in [-0.3, -0.25) is 9.79 Å². The summed E-state index contributed by atoms with van der Waals surface area (Å²) >= 11 is 0. The third-order valence-corrected chi connectivity index (χ3v) is 5.03. The van der Waals surface area contributed by atoms with Crippen LogP contribution in [0.4, 0.5) is 0 Å². The standard InChI is InChI=1S/C21H22O5.C5H9N/c1-11-9-14(10-17(24-5)20(11)25-6)19(22)18-13(3)26-21-12(2)16(23-4)8-7-15(18)21;1-3-4-5-6-2/h7-10H,1-6H3;3-5H,1-2H3/b;4-3-,6-5?. The second-order valence-corrected chi connectivity index (χ2v) is 7.09. The Labute approximate surface area is 189 Å². The molecular weight excluding hydrogens is 406 g/mol. The molecule has 0 saturated carbocycles. The highest BCUT2D eigenvalue weighted by Gasteiger charge is 2.23. The number of carbonyl (C=O) groups is 1. The van der Waals surface area contributed by atoms with Crippen LogP contribution in [-0.2, 0) is 0 Å². The fourth-order valence-corrected chi connectivity index (χ4v) is 3.50. The number of hydrogen-bond donors (Lipinski definition) is 0. The largest absolute Gasteiger partial charge is 0.496 e. The van der Waals surface area contributed by atoms with Gasteiger partial charge in [0.1, 0.15) is 17.1 Å². The lowest BCUT2D eigenvalue weighted by Crippen LogP contribution is -2.05. The van der Waals surface area contributed by atoms with Crippen molar-refractivity contribution in [3.63, 3.8) is 0 Å². The molecule has 170 valence electrons. The first kappa shape index (κ1) is 24.7. The third-order valence-electron chi connectivity index (χ3n) is 5.03. The Morgan fingerprint density at radius 3 is 2.22 bits per heavy atom. The number of fused-ring (bicyclic) bond motifs is 1. The molecule has 0 amide bonds. The lowest BCUT2D eigenvalue weighted by molar-refractivity contribution is 0.103. The summed E-state index contributed by atoms with van der Waals surface area (Å²) in [5.41, 5.74) is 3.45. The number of allylic oxidation sites excluding steroid dienone is 2. The summed E-state index contributed by atoms with van der Waals surface area (Å²) in [5.74, 6) is 2.34. The smallest absolute Gasteiger partial charge is 0.197 e. The van der Waals surface area contributed by atoms with E-state index >= 15 is 0 Å². The highest BCUT2D eigenvalue weighted by atomic mass is 16.5. The summed E-state index contributed by atoms with van der Waals surface area (Å²) in [4.78, 5) is 17.0. The average Bonchev–Trinajstić information content (AvgIpc) is 3.13. The molecule has 3 rings (SSSR count). The van der Waals surface area contributed by atoms with E-state index in [-0.39, 0.29) is 5.78 Å². The molecule has 6 heteroatoms. The van der Waals surface area contributed by atoms with Crippen LogP contribution in [0, 0.1) is 20.8 Å². The minimum Gasteiger partial charge on any atom is -0.496 e. The molecule has 3 aromatic rings. The van der Waals surface area contributed by atoms with Gasteiger partial charge in [0.2, 0.25) is 0 Å². The number of methoxy groups -OCH3 is 3. The summed E-state index contributed by atoms with van der Waals surface area (Å²) < 4.78 is 22.0. The monoisotopic (exact) mass is 437 g/mol. The number of benzene rings is 2. The van der Waals surface area contributed by atoms with Gasteiger partial charge in [-0.1, -0.05) is 6.08 Å². The van der Waals surface area contributed by atoms with Gasteiger partial charge in [0.25, 0.3) is 0 Å². The van der Waals surface area contributed by atoms with Crippen LogP contribution in [0.25, 0.3) is 11.0 Å². The molecule has 32 heavy (non-hydrogen) atoms. The van der Waals surface area contributed by atoms with Gasteiger partial charge >= 0.3 is 0 Å². The van der Waals surface area contributed by atoms with Gasteiger partial charge in [0, 0.05) is 29.8 Å². The highest BCUT2D eigenvalue weighted by Crippen LogP contribution is 2.36. The van der Waals surface area contributed by atoms with E-state index < -0.39 is 0 Å². The second-order valence-electron chi connectivity index (χ2n) is 7.09. The lowest BCUT2D eigenvalue weighted by atomic mass is 9.97. The van der Waals surface area contributed by atoms with Crippen molar-refractivity contribution >= 4 is 23.0 Å². The zero-order valence-electron chi connectivity index (χ0n) is 20.0. The van der Waals surface area contributed by atoms with Gasteiger partial charge in [-0.2, -0.15) is 0 Å². The molecule has 0 aliphatic carbocycles. The molecule has 0 saturated heterocycles.